The fourth-order valence-electron chi connectivity index (χ4n) is 2.48. The van der Waals surface area contributed by atoms with E-state index in [1.54, 1.807) is 19.1 Å². The lowest BCUT2D eigenvalue weighted by atomic mass is 10.1. The molecule has 0 radical (unpaired) electrons. The molecule has 1 atom stereocenters. The highest BCUT2D eigenvalue weighted by Crippen LogP contribution is 2.25. The molecule has 0 bridgehead atoms. The van der Waals surface area contributed by atoms with Gasteiger partial charge in [-0.3, -0.25) is 14.9 Å². The van der Waals surface area contributed by atoms with Crippen LogP contribution in [0.1, 0.15) is 31.2 Å². The van der Waals surface area contributed by atoms with E-state index in [9.17, 15) is 14.9 Å². The van der Waals surface area contributed by atoms with Gasteiger partial charge in [0.1, 0.15) is 0 Å². The lowest BCUT2D eigenvalue weighted by Crippen LogP contribution is -2.23. The van der Waals surface area contributed by atoms with Crippen LogP contribution < -0.4 is 10.6 Å². The van der Waals surface area contributed by atoms with Crippen molar-refractivity contribution < 1.29 is 9.72 Å². The molecule has 7 heteroatoms. The number of nitrogens with zero attached hydrogens (tertiary/aromatic N) is 1. The molecule has 2 rings (SSSR count). The van der Waals surface area contributed by atoms with Gasteiger partial charge in [-0.15, -0.1) is 12.4 Å². The van der Waals surface area contributed by atoms with Crippen LogP contribution in [0.4, 0.5) is 11.4 Å². The summed E-state index contributed by atoms with van der Waals surface area (Å²) in [5.74, 6) is -0.0951. The minimum atomic E-state index is -0.437. The summed E-state index contributed by atoms with van der Waals surface area (Å²) in [7, 11) is 0. The summed E-state index contributed by atoms with van der Waals surface area (Å²) in [5.41, 5.74) is 1.04. The van der Waals surface area contributed by atoms with Gasteiger partial charge in [-0.1, -0.05) is 6.07 Å². The average molecular weight is 314 g/mol. The van der Waals surface area contributed by atoms with Crippen LogP contribution in [0.5, 0.6) is 0 Å². The van der Waals surface area contributed by atoms with Crippen molar-refractivity contribution in [2.45, 2.75) is 38.6 Å². The molecule has 2 N–H and O–H groups in total. The molecule has 1 unspecified atom stereocenters. The molecule has 0 saturated carbocycles. The Labute approximate surface area is 129 Å². The van der Waals surface area contributed by atoms with E-state index in [-0.39, 0.29) is 24.0 Å². The third-order valence-corrected chi connectivity index (χ3v) is 3.66. The Bertz CT molecular complexity index is 516. The molecule has 1 saturated heterocycles. The van der Waals surface area contributed by atoms with E-state index >= 15 is 0 Å². The van der Waals surface area contributed by atoms with Crippen molar-refractivity contribution in [2.75, 3.05) is 11.9 Å². The first-order chi connectivity index (χ1) is 9.58. The second-order valence-electron chi connectivity index (χ2n) is 5.09. The smallest absolute Gasteiger partial charge is 0.274 e. The topological polar surface area (TPSA) is 84.3 Å². The molecule has 1 heterocycles. The van der Waals surface area contributed by atoms with E-state index in [0.29, 0.717) is 23.7 Å². The molecular weight excluding hydrogens is 294 g/mol. The number of hydrogen-bond donors (Lipinski definition) is 2. The molecule has 0 aromatic heterocycles. The first-order valence-electron chi connectivity index (χ1n) is 6.85. The Balaban J connectivity index is 0.00000220. The number of nitro benzene ring substituents is 1. The van der Waals surface area contributed by atoms with Crippen molar-refractivity contribution in [1.82, 2.24) is 5.32 Å². The Morgan fingerprint density at radius 1 is 1.52 bits per heavy atom. The highest BCUT2D eigenvalue weighted by atomic mass is 35.5. The Morgan fingerprint density at radius 3 is 2.90 bits per heavy atom. The number of nitrogens with one attached hydrogen (secondary N) is 2. The van der Waals surface area contributed by atoms with Crippen molar-refractivity contribution in [3.8, 4) is 0 Å². The van der Waals surface area contributed by atoms with E-state index in [0.717, 1.165) is 25.8 Å². The van der Waals surface area contributed by atoms with E-state index in [2.05, 4.69) is 10.6 Å². The Kier molecular flexibility index (Phi) is 6.58. The van der Waals surface area contributed by atoms with Gasteiger partial charge in [-0.2, -0.15) is 0 Å². The SMILES string of the molecule is Cc1c(NC(=O)CCC2CCCN2)cccc1[N+](=O)[O-].Cl. The van der Waals surface area contributed by atoms with Crippen LogP contribution >= 0.6 is 12.4 Å². The Morgan fingerprint density at radius 2 is 2.29 bits per heavy atom. The fraction of sp³-hybridized carbons (Fsp3) is 0.500. The van der Waals surface area contributed by atoms with Crippen LogP contribution in [0.2, 0.25) is 0 Å². The lowest BCUT2D eigenvalue weighted by Gasteiger charge is -2.11. The lowest BCUT2D eigenvalue weighted by molar-refractivity contribution is -0.385. The molecule has 1 aromatic rings. The molecule has 1 amide bonds. The van der Waals surface area contributed by atoms with Crippen molar-refractivity contribution in [3.63, 3.8) is 0 Å². The normalized spacial score (nSPS) is 17.1. The number of benzene rings is 1. The fourth-order valence-corrected chi connectivity index (χ4v) is 2.48. The molecular formula is C14H20ClN3O3. The number of carbonyl (C=O) groups is 1. The zero-order valence-corrected chi connectivity index (χ0v) is 12.7. The highest BCUT2D eigenvalue weighted by molar-refractivity contribution is 5.92. The maximum atomic E-state index is 11.9. The van der Waals surface area contributed by atoms with Gasteiger partial charge in [-0.25, -0.2) is 0 Å². The van der Waals surface area contributed by atoms with Crippen LogP contribution in [-0.2, 0) is 4.79 Å². The number of carbonyl (C=O) groups excluding carboxylic acids is 1. The number of nitro groups is 1. The number of amides is 1. The monoisotopic (exact) mass is 313 g/mol. The van der Waals surface area contributed by atoms with Gasteiger partial charge < -0.3 is 10.6 Å². The molecule has 116 valence electrons. The maximum absolute atomic E-state index is 11.9. The maximum Gasteiger partial charge on any atom is 0.274 e. The van der Waals surface area contributed by atoms with Gasteiger partial charge in [0, 0.05) is 18.5 Å². The van der Waals surface area contributed by atoms with Gasteiger partial charge in [0.05, 0.1) is 16.2 Å². The Hall–Kier alpha value is -1.66. The summed E-state index contributed by atoms with van der Waals surface area (Å²) in [6.07, 6.45) is 3.51. The highest BCUT2D eigenvalue weighted by Gasteiger charge is 2.17. The molecule has 6 nitrogen and oxygen atoms in total. The summed E-state index contributed by atoms with van der Waals surface area (Å²) in [6.45, 7) is 2.67. The van der Waals surface area contributed by atoms with E-state index in [1.165, 1.54) is 6.07 Å². The van der Waals surface area contributed by atoms with Crippen LogP contribution in [0, 0.1) is 17.0 Å². The predicted octanol–water partition coefficient (Wildman–Crippen LogP) is 2.80. The van der Waals surface area contributed by atoms with Gasteiger partial charge in [0.2, 0.25) is 5.91 Å². The van der Waals surface area contributed by atoms with Crippen molar-refractivity contribution in [2.24, 2.45) is 0 Å². The minimum absolute atomic E-state index is 0. The largest absolute Gasteiger partial charge is 0.326 e. The van der Waals surface area contributed by atoms with E-state index in [1.807, 2.05) is 0 Å². The summed E-state index contributed by atoms with van der Waals surface area (Å²) in [4.78, 5) is 22.3. The second kappa shape index (κ2) is 7.95. The second-order valence-corrected chi connectivity index (χ2v) is 5.09. The summed E-state index contributed by atoms with van der Waals surface area (Å²) < 4.78 is 0. The third kappa shape index (κ3) is 4.68. The standard InChI is InChI=1S/C14H19N3O3.ClH/c1-10-12(5-2-6-13(10)17(19)20)16-14(18)8-7-11-4-3-9-15-11;/h2,5-6,11,15H,3-4,7-9H2,1H3,(H,16,18);1H. The first kappa shape index (κ1) is 17.4. The molecule has 0 aliphatic carbocycles. The average Bonchev–Trinajstić information content (AvgIpc) is 2.91. The van der Waals surface area contributed by atoms with Crippen LogP contribution in [0.3, 0.4) is 0 Å². The minimum Gasteiger partial charge on any atom is -0.326 e. The third-order valence-electron chi connectivity index (χ3n) is 3.66. The number of rotatable bonds is 5. The quantitative estimate of drug-likeness (QED) is 0.646. The molecule has 21 heavy (non-hydrogen) atoms. The van der Waals surface area contributed by atoms with Crippen molar-refractivity contribution in [3.05, 3.63) is 33.9 Å². The van der Waals surface area contributed by atoms with Gasteiger partial charge in [-0.05, 0) is 38.8 Å². The van der Waals surface area contributed by atoms with Crippen molar-refractivity contribution >= 4 is 29.7 Å². The first-order valence-corrected chi connectivity index (χ1v) is 6.85. The van der Waals surface area contributed by atoms with Crippen molar-refractivity contribution in [1.29, 1.82) is 0 Å². The molecule has 1 aliphatic heterocycles. The number of anilines is 1. The predicted molar refractivity (Wildman–Crippen MR) is 84.0 cm³/mol. The summed E-state index contributed by atoms with van der Waals surface area (Å²) >= 11 is 0. The zero-order valence-electron chi connectivity index (χ0n) is 11.9. The van der Waals surface area contributed by atoms with Crippen LogP contribution in [-0.4, -0.2) is 23.4 Å². The van der Waals surface area contributed by atoms with Crippen LogP contribution in [0.15, 0.2) is 18.2 Å². The molecule has 1 aromatic carbocycles. The molecule has 1 aliphatic rings. The zero-order chi connectivity index (χ0) is 14.5. The van der Waals surface area contributed by atoms with Gasteiger partial charge in [0.15, 0.2) is 0 Å². The van der Waals surface area contributed by atoms with E-state index in [4.69, 9.17) is 0 Å². The molecule has 1 fully saturated rings. The summed E-state index contributed by atoms with van der Waals surface area (Å²) in [6, 6.07) is 5.13. The summed E-state index contributed by atoms with van der Waals surface area (Å²) in [5, 5.41) is 16.9. The number of halogens is 1. The molecule has 0 spiro atoms. The van der Waals surface area contributed by atoms with E-state index < -0.39 is 4.92 Å². The van der Waals surface area contributed by atoms with Crippen LogP contribution in [0.25, 0.3) is 0 Å². The van der Waals surface area contributed by atoms with Gasteiger partial charge in [0.25, 0.3) is 5.69 Å². The van der Waals surface area contributed by atoms with Gasteiger partial charge >= 0.3 is 0 Å². The number of hydrogen-bond acceptors (Lipinski definition) is 4.